The average Bonchev–Trinajstić information content (AvgIpc) is 3.08. The molecule has 0 spiro atoms. The van der Waals surface area contributed by atoms with Crippen molar-refractivity contribution in [2.24, 2.45) is 0 Å². The molecule has 144 valence electrons. The van der Waals surface area contributed by atoms with Crippen LogP contribution in [0.1, 0.15) is 39.3 Å². The summed E-state index contributed by atoms with van der Waals surface area (Å²) in [5.74, 6) is 0.527. The number of carboxylic acids is 1. The molecule has 0 aliphatic heterocycles. The first-order valence-electron chi connectivity index (χ1n) is 8.68. The van der Waals surface area contributed by atoms with Crippen LogP contribution < -0.4 is 10.1 Å². The van der Waals surface area contributed by atoms with Gasteiger partial charge >= 0.3 is 5.97 Å². The molecular weight excluding hydrogens is 360 g/mol. The second-order valence-corrected chi connectivity index (χ2v) is 6.11. The fraction of sp³-hybridized carbons (Fsp3) is 0.200. The van der Waals surface area contributed by atoms with Crippen molar-refractivity contribution in [3.05, 3.63) is 65.2 Å². The lowest BCUT2D eigenvalue weighted by atomic mass is 10.1. The number of rotatable bonds is 6. The van der Waals surface area contributed by atoms with E-state index in [1.54, 1.807) is 48.9 Å². The van der Waals surface area contributed by atoms with E-state index in [-0.39, 0.29) is 11.5 Å². The quantitative estimate of drug-likeness (QED) is 0.681. The Balaban J connectivity index is 1.98. The molecule has 0 fully saturated rings. The summed E-state index contributed by atoms with van der Waals surface area (Å²) in [5, 5.41) is 20.4. The van der Waals surface area contributed by atoms with Crippen molar-refractivity contribution in [1.82, 2.24) is 14.8 Å². The lowest BCUT2D eigenvalue weighted by Gasteiger charge is -2.12. The SMILES string of the molecule is CCc1nnc(C)n1-c1cc(NC(=O)c2ccc(OC)cc2)cc(C(=O)O)c1. The molecule has 0 unspecified atom stereocenters. The van der Waals surface area contributed by atoms with E-state index >= 15 is 0 Å². The summed E-state index contributed by atoms with van der Waals surface area (Å²) in [7, 11) is 1.55. The van der Waals surface area contributed by atoms with Gasteiger partial charge in [-0.15, -0.1) is 10.2 Å². The Hall–Kier alpha value is -3.68. The molecule has 1 amide bonds. The summed E-state index contributed by atoms with van der Waals surface area (Å²) in [6.45, 7) is 3.72. The van der Waals surface area contributed by atoms with E-state index in [4.69, 9.17) is 4.74 Å². The Morgan fingerprint density at radius 1 is 1.11 bits per heavy atom. The number of aryl methyl sites for hydroxylation is 2. The van der Waals surface area contributed by atoms with Crippen molar-refractivity contribution in [1.29, 1.82) is 0 Å². The molecule has 0 saturated carbocycles. The Kier molecular flexibility index (Phi) is 5.39. The van der Waals surface area contributed by atoms with Crippen LogP contribution in [0, 0.1) is 6.92 Å². The highest BCUT2D eigenvalue weighted by Crippen LogP contribution is 2.22. The molecule has 0 saturated heterocycles. The van der Waals surface area contributed by atoms with Crippen molar-refractivity contribution in [2.75, 3.05) is 12.4 Å². The number of aromatic carboxylic acids is 1. The second kappa shape index (κ2) is 7.91. The Morgan fingerprint density at radius 2 is 1.82 bits per heavy atom. The number of benzene rings is 2. The number of methoxy groups -OCH3 is 1. The molecule has 2 N–H and O–H groups in total. The Morgan fingerprint density at radius 3 is 2.43 bits per heavy atom. The fourth-order valence-corrected chi connectivity index (χ4v) is 2.85. The van der Waals surface area contributed by atoms with Crippen molar-refractivity contribution in [3.8, 4) is 11.4 Å². The van der Waals surface area contributed by atoms with Crippen molar-refractivity contribution in [2.45, 2.75) is 20.3 Å². The van der Waals surface area contributed by atoms with Gasteiger partial charge in [0.05, 0.1) is 18.4 Å². The van der Waals surface area contributed by atoms with Gasteiger partial charge in [0.25, 0.3) is 5.91 Å². The number of carboxylic acid groups (broad SMARTS) is 1. The first-order chi connectivity index (χ1) is 13.4. The lowest BCUT2D eigenvalue weighted by molar-refractivity contribution is 0.0696. The van der Waals surface area contributed by atoms with E-state index < -0.39 is 5.97 Å². The molecule has 1 aromatic heterocycles. The zero-order valence-corrected chi connectivity index (χ0v) is 15.8. The molecule has 0 aliphatic carbocycles. The van der Waals surface area contributed by atoms with Crippen molar-refractivity contribution in [3.63, 3.8) is 0 Å². The highest BCUT2D eigenvalue weighted by atomic mass is 16.5. The molecule has 2 aromatic carbocycles. The number of anilines is 1. The average molecular weight is 380 g/mol. The number of ether oxygens (including phenoxy) is 1. The maximum absolute atomic E-state index is 12.6. The highest BCUT2D eigenvalue weighted by molar-refractivity contribution is 6.05. The maximum atomic E-state index is 12.6. The molecular formula is C20H20N4O4. The first-order valence-corrected chi connectivity index (χ1v) is 8.68. The zero-order valence-electron chi connectivity index (χ0n) is 15.8. The number of hydrogen-bond acceptors (Lipinski definition) is 5. The standard InChI is InChI=1S/C20H20N4O4/c1-4-18-23-22-12(2)24(18)16-10-14(20(26)27)9-15(11-16)21-19(25)13-5-7-17(28-3)8-6-13/h5-11H,4H2,1-3H3,(H,21,25)(H,26,27). The number of nitrogens with zero attached hydrogens (tertiary/aromatic N) is 3. The molecule has 8 heteroatoms. The number of carbonyl (C=O) groups excluding carboxylic acids is 1. The predicted octanol–water partition coefficient (Wildman–Crippen LogP) is 3.10. The summed E-state index contributed by atoms with van der Waals surface area (Å²) in [5.41, 5.74) is 1.42. The van der Waals surface area contributed by atoms with Gasteiger partial charge in [-0.1, -0.05) is 6.92 Å². The van der Waals surface area contributed by atoms with Crippen LogP contribution in [0.4, 0.5) is 5.69 Å². The number of aromatic nitrogens is 3. The van der Waals surface area contributed by atoms with Gasteiger partial charge in [0.15, 0.2) is 0 Å². The molecule has 0 aliphatic rings. The molecule has 0 radical (unpaired) electrons. The van der Waals surface area contributed by atoms with Crippen LogP contribution in [0.25, 0.3) is 5.69 Å². The van der Waals surface area contributed by atoms with Crippen LogP contribution in [0.2, 0.25) is 0 Å². The van der Waals surface area contributed by atoms with Crippen LogP contribution in [0.15, 0.2) is 42.5 Å². The minimum atomic E-state index is -1.09. The van der Waals surface area contributed by atoms with E-state index in [0.717, 1.165) is 0 Å². The van der Waals surface area contributed by atoms with Crippen LogP contribution >= 0.6 is 0 Å². The summed E-state index contributed by atoms with van der Waals surface area (Å²) >= 11 is 0. The topological polar surface area (TPSA) is 106 Å². The first kappa shape index (κ1) is 19.1. The minimum Gasteiger partial charge on any atom is -0.497 e. The van der Waals surface area contributed by atoms with Gasteiger partial charge in [-0.3, -0.25) is 9.36 Å². The molecule has 0 atom stereocenters. The van der Waals surface area contributed by atoms with E-state index in [1.165, 1.54) is 12.1 Å². The smallest absolute Gasteiger partial charge is 0.335 e. The third kappa shape index (κ3) is 3.85. The summed E-state index contributed by atoms with van der Waals surface area (Å²) in [6, 6.07) is 11.3. The number of carbonyl (C=O) groups is 2. The molecule has 0 bridgehead atoms. The molecule has 28 heavy (non-hydrogen) atoms. The van der Waals surface area contributed by atoms with Crippen LogP contribution in [0.5, 0.6) is 5.75 Å². The zero-order chi connectivity index (χ0) is 20.3. The molecule has 8 nitrogen and oxygen atoms in total. The van der Waals surface area contributed by atoms with E-state index in [9.17, 15) is 14.7 Å². The van der Waals surface area contributed by atoms with Crippen LogP contribution in [0.3, 0.4) is 0 Å². The Labute approximate surface area is 161 Å². The van der Waals surface area contributed by atoms with Crippen LogP contribution in [-0.2, 0) is 6.42 Å². The predicted molar refractivity (Wildman–Crippen MR) is 103 cm³/mol. The molecule has 3 rings (SSSR count). The van der Waals surface area contributed by atoms with Gasteiger partial charge in [0, 0.05) is 17.7 Å². The van der Waals surface area contributed by atoms with Gasteiger partial charge in [0.1, 0.15) is 17.4 Å². The summed E-state index contributed by atoms with van der Waals surface area (Å²) in [4.78, 5) is 24.1. The highest BCUT2D eigenvalue weighted by Gasteiger charge is 2.15. The van der Waals surface area contributed by atoms with Gasteiger partial charge in [-0.2, -0.15) is 0 Å². The third-order valence-corrected chi connectivity index (χ3v) is 4.24. The lowest BCUT2D eigenvalue weighted by Crippen LogP contribution is -2.13. The number of hydrogen-bond donors (Lipinski definition) is 2. The maximum Gasteiger partial charge on any atom is 0.335 e. The number of nitrogens with one attached hydrogen (secondary N) is 1. The summed E-state index contributed by atoms with van der Waals surface area (Å²) < 4.78 is 6.86. The Bertz CT molecular complexity index is 1030. The van der Waals surface area contributed by atoms with E-state index in [2.05, 4.69) is 15.5 Å². The molecule has 1 heterocycles. The largest absolute Gasteiger partial charge is 0.497 e. The number of amides is 1. The minimum absolute atomic E-state index is 0.0534. The molecule has 3 aromatic rings. The van der Waals surface area contributed by atoms with Crippen molar-refractivity contribution >= 4 is 17.6 Å². The van der Waals surface area contributed by atoms with Gasteiger partial charge in [-0.25, -0.2) is 4.79 Å². The van der Waals surface area contributed by atoms with E-state index in [1.807, 2.05) is 6.92 Å². The normalized spacial score (nSPS) is 10.5. The monoisotopic (exact) mass is 380 g/mol. The van der Waals surface area contributed by atoms with Gasteiger partial charge in [-0.05, 0) is 49.4 Å². The van der Waals surface area contributed by atoms with Crippen LogP contribution in [-0.4, -0.2) is 38.9 Å². The third-order valence-electron chi connectivity index (χ3n) is 4.24. The van der Waals surface area contributed by atoms with Gasteiger partial charge in [0.2, 0.25) is 0 Å². The fourth-order valence-electron chi connectivity index (χ4n) is 2.85. The summed E-state index contributed by atoms with van der Waals surface area (Å²) in [6.07, 6.45) is 0.631. The van der Waals surface area contributed by atoms with Crippen molar-refractivity contribution < 1.29 is 19.4 Å². The second-order valence-electron chi connectivity index (χ2n) is 6.11. The van der Waals surface area contributed by atoms with Gasteiger partial charge < -0.3 is 15.2 Å². The van der Waals surface area contributed by atoms with E-state index in [0.29, 0.717) is 40.8 Å².